The van der Waals surface area contributed by atoms with Gasteiger partial charge in [-0.1, -0.05) is 53.7 Å². The predicted molar refractivity (Wildman–Crippen MR) is 151 cm³/mol. The van der Waals surface area contributed by atoms with Crippen molar-refractivity contribution in [2.75, 3.05) is 14.2 Å². The molecule has 0 radical (unpaired) electrons. The van der Waals surface area contributed by atoms with E-state index >= 15 is 0 Å². The lowest BCUT2D eigenvalue weighted by Gasteiger charge is -2.35. The SMILES string of the molecule is COc1cc(C(C)(C)C)cc(C2(OC(=O)OC3(c4cc(OC)cc(C(C)(C)C)c4)CCCC3)CCCC2)c1. The van der Waals surface area contributed by atoms with E-state index in [0.717, 1.165) is 85.1 Å². The second kappa shape index (κ2) is 10.5. The molecule has 5 heteroatoms. The summed E-state index contributed by atoms with van der Waals surface area (Å²) in [5.74, 6) is 1.57. The number of benzene rings is 2. The third kappa shape index (κ3) is 5.82. The molecule has 5 nitrogen and oxygen atoms in total. The standard InChI is InChI=1S/C33H46O5/c1-30(2,3)23-17-25(21-27(19-23)35-7)32(13-9-10-14-32)37-29(34)38-33(15-11-12-16-33)26-18-24(31(4,5)6)20-28(22-26)36-8/h17-22H,9-16H2,1-8H3. The van der Waals surface area contributed by atoms with E-state index in [1.165, 1.54) is 0 Å². The molecule has 2 saturated carbocycles. The lowest BCUT2D eigenvalue weighted by molar-refractivity contribution is -0.0838. The maximum Gasteiger partial charge on any atom is 0.510 e. The van der Waals surface area contributed by atoms with E-state index in [1.807, 2.05) is 12.1 Å². The summed E-state index contributed by atoms with van der Waals surface area (Å²) < 4.78 is 24.1. The molecule has 0 heterocycles. The lowest BCUT2D eigenvalue weighted by Crippen LogP contribution is -2.35. The van der Waals surface area contributed by atoms with Crippen LogP contribution < -0.4 is 9.47 Å². The van der Waals surface area contributed by atoms with E-state index in [4.69, 9.17) is 18.9 Å². The molecule has 2 aliphatic rings. The fourth-order valence-electron chi connectivity index (χ4n) is 5.96. The zero-order valence-corrected chi connectivity index (χ0v) is 24.7. The van der Waals surface area contributed by atoms with Gasteiger partial charge >= 0.3 is 6.16 Å². The smallest absolute Gasteiger partial charge is 0.497 e. The Balaban J connectivity index is 1.68. The molecule has 0 unspecified atom stereocenters. The van der Waals surface area contributed by atoms with E-state index in [2.05, 4.69) is 65.8 Å². The van der Waals surface area contributed by atoms with Crippen molar-refractivity contribution in [3.8, 4) is 11.5 Å². The van der Waals surface area contributed by atoms with Crippen LogP contribution in [-0.2, 0) is 31.5 Å². The summed E-state index contributed by atoms with van der Waals surface area (Å²) in [6.45, 7) is 13.1. The molecule has 0 N–H and O–H groups in total. The average Bonchev–Trinajstić information content (AvgIpc) is 3.53. The Morgan fingerprint density at radius 1 is 0.605 bits per heavy atom. The van der Waals surface area contributed by atoms with Crippen molar-refractivity contribution in [1.82, 2.24) is 0 Å². The lowest BCUT2D eigenvalue weighted by atomic mass is 9.82. The van der Waals surface area contributed by atoms with Crippen molar-refractivity contribution in [1.29, 1.82) is 0 Å². The van der Waals surface area contributed by atoms with E-state index in [-0.39, 0.29) is 10.8 Å². The van der Waals surface area contributed by atoms with Crippen LogP contribution in [0.25, 0.3) is 0 Å². The van der Waals surface area contributed by atoms with Gasteiger partial charge < -0.3 is 18.9 Å². The van der Waals surface area contributed by atoms with Gasteiger partial charge in [0.2, 0.25) is 0 Å². The Kier molecular flexibility index (Phi) is 7.80. The van der Waals surface area contributed by atoms with Crippen LogP contribution in [0.1, 0.15) is 115 Å². The van der Waals surface area contributed by atoms with Crippen molar-refractivity contribution < 1.29 is 23.7 Å². The largest absolute Gasteiger partial charge is 0.510 e. The summed E-state index contributed by atoms with van der Waals surface area (Å²) in [7, 11) is 3.37. The van der Waals surface area contributed by atoms with Gasteiger partial charge in [-0.15, -0.1) is 0 Å². The maximum absolute atomic E-state index is 13.7. The maximum atomic E-state index is 13.7. The van der Waals surface area contributed by atoms with Gasteiger partial charge in [-0.2, -0.15) is 0 Å². The Morgan fingerprint density at radius 2 is 0.947 bits per heavy atom. The third-order valence-corrected chi connectivity index (χ3v) is 8.45. The highest BCUT2D eigenvalue weighted by atomic mass is 16.7. The quantitative estimate of drug-likeness (QED) is 0.355. The van der Waals surface area contributed by atoms with Gasteiger partial charge in [0.1, 0.15) is 22.7 Å². The predicted octanol–water partition coefficient (Wildman–Crippen LogP) is 8.69. The molecule has 4 rings (SSSR count). The Bertz CT molecular complexity index is 1050. The highest BCUT2D eigenvalue weighted by molar-refractivity contribution is 5.63. The van der Waals surface area contributed by atoms with Crippen LogP contribution >= 0.6 is 0 Å². The van der Waals surface area contributed by atoms with E-state index in [0.29, 0.717) is 0 Å². The number of ether oxygens (including phenoxy) is 4. The summed E-state index contributed by atoms with van der Waals surface area (Å²) in [5.41, 5.74) is 2.76. The number of hydrogen-bond donors (Lipinski definition) is 0. The molecule has 208 valence electrons. The van der Waals surface area contributed by atoms with E-state index < -0.39 is 17.4 Å². The first-order valence-electron chi connectivity index (χ1n) is 14.1. The van der Waals surface area contributed by atoms with Crippen LogP contribution in [0.2, 0.25) is 0 Å². The second-order valence-electron chi connectivity index (χ2n) is 13.3. The van der Waals surface area contributed by atoms with Gasteiger partial charge in [0.15, 0.2) is 0 Å². The monoisotopic (exact) mass is 522 g/mol. The number of carbonyl (C=O) groups is 1. The van der Waals surface area contributed by atoms with Gasteiger partial charge in [-0.05, 0) is 109 Å². The first-order chi connectivity index (χ1) is 17.8. The van der Waals surface area contributed by atoms with Crippen LogP contribution in [0, 0.1) is 0 Å². The van der Waals surface area contributed by atoms with Crippen molar-refractivity contribution in [2.24, 2.45) is 0 Å². The minimum atomic E-state index is -0.712. The van der Waals surface area contributed by atoms with Crippen LogP contribution in [0.15, 0.2) is 36.4 Å². The third-order valence-electron chi connectivity index (χ3n) is 8.45. The first kappa shape index (κ1) is 28.3. The highest BCUT2D eigenvalue weighted by Gasteiger charge is 2.45. The summed E-state index contributed by atoms with van der Waals surface area (Å²) in [6, 6.07) is 12.6. The molecule has 2 fully saturated rings. The minimum Gasteiger partial charge on any atom is -0.497 e. The van der Waals surface area contributed by atoms with Gasteiger partial charge in [-0.3, -0.25) is 0 Å². The molecule has 0 spiro atoms. The molecule has 2 aromatic carbocycles. The normalized spacial score (nSPS) is 18.7. The fourth-order valence-corrected chi connectivity index (χ4v) is 5.96. The van der Waals surface area contributed by atoms with Crippen LogP contribution in [0.4, 0.5) is 4.79 Å². The molecule has 38 heavy (non-hydrogen) atoms. The molecule has 0 saturated heterocycles. The Morgan fingerprint density at radius 3 is 1.24 bits per heavy atom. The highest BCUT2D eigenvalue weighted by Crippen LogP contribution is 2.48. The van der Waals surface area contributed by atoms with Crippen LogP contribution in [0.3, 0.4) is 0 Å². The van der Waals surface area contributed by atoms with Crippen molar-refractivity contribution in [2.45, 2.75) is 115 Å². The number of carbonyl (C=O) groups excluding carboxylic acids is 1. The molecule has 0 aliphatic heterocycles. The summed E-state index contributed by atoms with van der Waals surface area (Å²) in [6.07, 6.45) is 6.54. The zero-order chi connectivity index (χ0) is 27.8. The molecular formula is C33H46O5. The van der Waals surface area contributed by atoms with E-state index in [9.17, 15) is 4.79 Å². The zero-order valence-electron chi connectivity index (χ0n) is 24.7. The van der Waals surface area contributed by atoms with Gasteiger partial charge in [-0.25, -0.2) is 4.79 Å². The topological polar surface area (TPSA) is 54.0 Å². The Labute approximate surface area is 229 Å². The molecule has 0 aromatic heterocycles. The minimum absolute atomic E-state index is 0.0609. The van der Waals surface area contributed by atoms with Crippen molar-refractivity contribution in [3.63, 3.8) is 0 Å². The number of rotatable bonds is 6. The summed E-state index contributed by atoms with van der Waals surface area (Å²) >= 11 is 0. The molecule has 0 bridgehead atoms. The summed E-state index contributed by atoms with van der Waals surface area (Å²) in [5, 5.41) is 0. The van der Waals surface area contributed by atoms with Crippen molar-refractivity contribution in [3.05, 3.63) is 58.7 Å². The molecule has 0 amide bonds. The second-order valence-corrected chi connectivity index (χ2v) is 13.3. The number of methoxy groups -OCH3 is 2. The van der Waals surface area contributed by atoms with Gasteiger partial charge in [0, 0.05) is 0 Å². The molecule has 0 atom stereocenters. The van der Waals surface area contributed by atoms with Gasteiger partial charge in [0.05, 0.1) is 14.2 Å². The fraction of sp³-hybridized carbons (Fsp3) is 0.606. The average molecular weight is 523 g/mol. The van der Waals surface area contributed by atoms with Crippen molar-refractivity contribution >= 4 is 6.16 Å². The van der Waals surface area contributed by atoms with Gasteiger partial charge in [0.25, 0.3) is 0 Å². The molecule has 2 aromatic rings. The molecule has 2 aliphatic carbocycles. The first-order valence-corrected chi connectivity index (χ1v) is 14.1. The van der Waals surface area contributed by atoms with E-state index in [1.54, 1.807) is 14.2 Å². The molecular weight excluding hydrogens is 476 g/mol. The van der Waals surface area contributed by atoms with Crippen LogP contribution in [0.5, 0.6) is 11.5 Å². The summed E-state index contributed by atoms with van der Waals surface area (Å²) in [4.78, 5) is 13.7. The van der Waals surface area contributed by atoms with Crippen LogP contribution in [-0.4, -0.2) is 20.4 Å². The number of hydrogen-bond acceptors (Lipinski definition) is 5. The Hall–Kier alpha value is -2.69.